The third-order valence-corrected chi connectivity index (χ3v) is 4.43. The van der Waals surface area contributed by atoms with E-state index in [4.69, 9.17) is 0 Å². The van der Waals surface area contributed by atoms with Gasteiger partial charge in [0.2, 0.25) is 0 Å². The highest BCUT2D eigenvalue weighted by atomic mass is 32.1. The lowest BCUT2D eigenvalue weighted by Crippen LogP contribution is -2.16. The topological polar surface area (TPSA) is 46.4 Å². The van der Waals surface area contributed by atoms with Gasteiger partial charge in [-0.2, -0.15) is 0 Å². The molecule has 0 spiro atoms. The monoisotopic (exact) mass is 299 g/mol. The van der Waals surface area contributed by atoms with Crippen LogP contribution < -0.4 is 10.9 Å². The molecule has 0 atom stereocenters. The second kappa shape index (κ2) is 5.69. The molecule has 0 aliphatic heterocycles. The summed E-state index contributed by atoms with van der Waals surface area (Å²) >= 11 is 1.50. The van der Waals surface area contributed by atoms with E-state index in [-0.39, 0.29) is 5.56 Å². The van der Waals surface area contributed by atoms with Gasteiger partial charge in [-0.05, 0) is 25.0 Å². The maximum atomic E-state index is 12.1. The van der Waals surface area contributed by atoms with Crippen LogP contribution in [0.25, 0.3) is 4.96 Å². The van der Waals surface area contributed by atoms with Crippen molar-refractivity contribution >= 4 is 22.0 Å². The van der Waals surface area contributed by atoms with Crippen molar-refractivity contribution in [2.45, 2.75) is 26.8 Å². The molecule has 2 heterocycles. The van der Waals surface area contributed by atoms with Crippen molar-refractivity contribution in [2.24, 2.45) is 0 Å². The smallest absolute Gasteiger partial charge is 0.259 e. The van der Waals surface area contributed by atoms with Crippen molar-refractivity contribution in [1.29, 1.82) is 0 Å². The van der Waals surface area contributed by atoms with Gasteiger partial charge in [0.15, 0.2) is 4.96 Å². The SMILES string of the molecule is CCc1ccccc1NCc1cc(=O)n2c(C)csc2n1. The van der Waals surface area contributed by atoms with E-state index in [1.165, 1.54) is 16.9 Å². The van der Waals surface area contributed by atoms with E-state index in [0.717, 1.165) is 28.5 Å². The Bertz CT molecular complexity index is 835. The highest BCUT2D eigenvalue weighted by Gasteiger charge is 2.07. The zero-order chi connectivity index (χ0) is 14.8. The van der Waals surface area contributed by atoms with E-state index in [0.29, 0.717) is 6.54 Å². The third-order valence-electron chi connectivity index (χ3n) is 3.49. The van der Waals surface area contributed by atoms with E-state index in [9.17, 15) is 4.79 Å². The van der Waals surface area contributed by atoms with Gasteiger partial charge in [0, 0.05) is 22.8 Å². The molecule has 3 aromatic rings. The Hall–Kier alpha value is -2.14. The first-order valence-electron chi connectivity index (χ1n) is 6.97. The number of rotatable bonds is 4. The summed E-state index contributed by atoms with van der Waals surface area (Å²) in [7, 11) is 0. The lowest BCUT2D eigenvalue weighted by molar-refractivity contribution is 0.963. The molecular formula is C16H17N3OS. The Labute approximate surface area is 127 Å². The molecule has 0 saturated carbocycles. The number of anilines is 1. The molecule has 0 fully saturated rings. The third kappa shape index (κ3) is 2.69. The fraction of sp³-hybridized carbons (Fsp3) is 0.250. The van der Waals surface area contributed by atoms with E-state index < -0.39 is 0 Å². The largest absolute Gasteiger partial charge is 0.379 e. The van der Waals surface area contributed by atoms with Crippen LogP contribution in [0.4, 0.5) is 5.69 Å². The Morgan fingerprint density at radius 1 is 1.33 bits per heavy atom. The van der Waals surface area contributed by atoms with Crippen LogP contribution in [0.1, 0.15) is 23.9 Å². The minimum absolute atomic E-state index is 0.0145. The van der Waals surface area contributed by atoms with Gasteiger partial charge < -0.3 is 5.32 Å². The maximum Gasteiger partial charge on any atom is 0.259 e. The highest BCUT2D eigenvalue weighted by molar-refractivity contribution is 7.15. The number of aryl methyl sites for hydroxylation is 2. The van der Waals surface area contributed by atoms with Crippen LogP contribution in [0, 0.1) is 6.92 Å². The second-order valence-corrected chi connectivity index (χ2v) is 5.78. The van der Waals surface area contributed by atoms with Crippen molar-refractivity contribution in [3.05, 3.63) is 63.0 Å². The van der Waals surface area contributed by atoms with E-state index in [1.54, 1.807) is 10.5 Å². The van der Waals surface area contributed by atoms with Gasteiger partial charge in [0.1, 0.15) is 0 Å². The summed E-state index contributed by atoms with van der Waals surface area (Å²) in [5.74, 6) is 0. The summed E-state index contributed by atoms with van der Waals surface area (Å²) in [4.78, 5) is 17.4. The van der Waals surface area contributed by atoms with Crippen LogP contribution in [0.15, 0.2) is 40.5 Å². The summed E-state index contributed by atoms with van der Waals surface area (Å²) in [5.41, 5.74) is 4.06. The van der Waals surface area contributed by atoms with Crippen LogP contribution >= 0.6 is 11.3 Å². The molecule has 108 valence electrons. The minimum atomic E-state index is -0.0145. The number of para-hydroxylation sites is 1. The number of nitrogens with zero attached hydrogens (tertiary/aromatic N) is 2. The Morgan fingerprint density at radius 2 is 2.14 bits per heavy atom. The molecule has 3 rings (SSSR count). The van der Waals surface area contributed by atoms with Gasteiger partial charge in [-0.1, -0.05) is 25.1 Å². The fourth-order valence-electron chi connectivity index (χ4n) is 2.38. The molecule has 5 heteroatoms. The van der Waals surface area contributed by atoms with Crippen molar-refractivity contribution in [3.63, 3.8) is 0 Å². The quantitative estimate of drug-likeness (QED) is 0.804. The highest BCUT2D eigenvalue weighted by Crippen LogP contribution is 2.17. The summed E-state index contributed by atoms with van der Waals surface area (Å²) < 4.78 is 1.65. The molecule has 0 radical (unpaired) electrons. The number of benzene rings is 1. The number of hydrogen-bond donors (Lipinski definition) is 1. The number of thiazole rings is 1. The molecule has 4 nitrogen and oxygen atoms in total. The van der Waals surface area contributed by atoms with Crippen LogP contribution in [-0.4, -0.2) is 9.38 Å². The average Bonchev–Trinajstić information content (AvgIpc) is 2.87. The molecule has 1 aromatic carbocycles. The van der Waals surface area contributed by atoms with Crippen molar-refractivity contribution in [2.75, 3.05) is 5.32 Å². The average molecular weight is 299 g/mol. The van der Waals surface area contributed by atoms with Gasteiger partial charge >= 0.3 is 0 Å². The summed E-state index contributed by atoms with van der Waals surface area (Å²) in [6.07, 6.45) is 0.975. The summed E-state index contributed by atoms with van der Waals surface area (Å²) in [6.45, 7) is 4.60. The first-order valence-corrected chi connectivity index (χ1v) is 7.85. The van der Waals surface area contributed by atoms with Gasteiger partial charge in [-0.3, -0.25) is 9.20 Å². The molecule has 0 aliphatic rings. The molecule has 1 N–H and O–H groups in total. The van der Waals surface area contributed by atoms with Crippen molar-refractivity contribution < 1.29 is 0 Å². The van der Waals surface area contributed by atoms with Crippen LogP contribution in [0.5, 0.6) is 0 Å². The molecule has 0 unspecified atom stereocenters. The summed E-state index contributed by atoms with van der Waals surface area (Å²) in [5, 5.41) is 5.32. The predicted molar refractivity (Wildman–Crippen MR) is 87.2 cm³/mol. The lowest BCUT2D eigenvalue weighted by Gasteiger charge is -2.10. The standard InChI is InChI=1S/C16H17N3OS/c1-3-12-6-4-5-7-14(12)17-9-13-8-15(20)19-11(2)10-21-16(19)18-13/h4-8,10,17H,3,9H2,1-2H3. The predicted octanol–water partition coefficient (Wildman–Crippen LogP) is 3.24. The lowest BCUT2D eigenvalue weighted by atomic mass is 10.1. The zero-order valence-corrected chi connectivity index (χ0v) is 12.9. The molecular weight excluding hydrogens is 282 g/mol. The maximum absolute atomic E-state index is 12.1. The number of aromatic nitrogens is 2. The van der Waals surface area contributed by atoms with Gasteiger partial charge in [0.25, 0.3) is 5.56 Å². The Morgan fingerprint density at radius 3 is 2.95 bits per heavy atom. The first-order chi connectivity index (χ1) is 10.2. The van der Waals surface area contributed by atoms with E-state index >= 15 is 0 Å². The summed E-state index contributed by atoms with van der Waals surface area (Å²) in [6, 6.07) is 9.81. The van der Waals surface area contributed by atoms with E-state index in [1.807, 2.05) is 24.4 Å². The zero-order valence-electron chi connectivity index (χ0n) is 12.1. The Balaban J connectivity index is 1.87. The number of fused-ring (bicyclic) bond motifs is 1. The van der Waals surface area contributed by atoms with Crippen LogP contribution in [-0.2, 0) is 13.0 Å². The number of hydrogen-bond acceptors (Lipinski definition) is 4. The molecule has 0 bridgehead atoms. The first kappa shape index (κ1) is 13.8. The van der Waals surface area contributed by atoms with E-state index in [2.05, 4.69) is 29.4 Å². The Kier molecular flexibility index (Phi) is 3.75. The molecule has 0 saturated heterocycles. The van der Waals surface area contributed by atoms with Crippen molar-refractivity contribution in [3.8, 4) is 0 Å². The second-order valence-electron chi connectivity index (χ2n) is 4.95. The molecule has 0 aliphatic carbocycles. The fourth-order valence-corrected chi connectivity index (χ4v) is 3.27. The normalized spacial score (nSPS) is 11.0. The molecule has 21 heavy (non-hydrogen) atoms. The minimum Gasteiger partial charge on any atom is -0.379 e. The molecule has 0 amide bonds. The van der Waals surface area contributed by atoms with Crippen LogP contribution in [0.2, 0.25) is 0 Å². The van der Waals surface area contributed by atoms with Gasteiger partial charge in [0.05, 0.1) is 12.2 Å². The number of nitrogens with one attached hydrogen (secondary N) is 1. The van der Waals surface area contributed by atoms with Gasteiger partial charge in [-0.15, -0.1) is 11.3 Å². The van der Waals surface area contributed by atoms with Crippen molar-refractivity contribution in [1.82, 2.24) is 9.38 Å². The van der Waals surface area contributed by atoms with Crippen LogP contribution in [0.3, 0.4) is 0 Å². The van der Waals surface area contributed by atoms with Gasteiger partial charge in [-0.25, -0.2) is 4.98 Å². The molecule has 2 aromatic heterocycles.